The number of piperidine rings is 1. The van der Waals surface area contributed by atoms with E-state index >= 15 is 0 Å². The zero-order chi connectivity index (χ0) is 21.9. The molecule has 1 aliphatic heterocycles. The maximum atomic E-state index is 12.7. The summed E-state index contributed by atoms with van der Waals surface area (Å²) in [5.41, 5.74) is 1.05. The minimum absolute atomic E-state index is 0.123. The van der Waals surface area contributed by atoms with Crippen LogP contribution in [0.2, 0.25) is 5.02 Å². The van der Waals surface area contributed by atoms with Crippen molar-refractivity contribution >= 4 is 39.1 Å². The number of benzene rings is 2. The highest BCUT2D eigenvalue weighted by atomic mass is 35.5. The van der Waals surface area contributed by atoms with Crippen LogP contribution in [0.3, 0.4) is 0 Å². The van der Waals surface area contributed by atoms with Crippen molar-refractivity contribution in [3.8, 4) is 0 Å². The molecule has 9 heteroatoms. The molecule has 0 aromatic heterocycles. The summed E-state index contributed by atoms with van der Waals surface area (Å²) in [5, 5.41) is 3.39. The van der Waals surface area contributed by atoms with Gasteiger partial charge in [-0.3, -0.25) is 9.59 Å². The monoisotopic (exact) mass is 449 g/mol. The molecule has 2 aromatic rings. The van der Waals surface area contributed by atoms with Crippen LogP contribution < -0.4 is 5.32 Å². The van der Waals surface area contributed by atoms with Crippen molar-refractivity contribution in [3.63, 3.8) is 0 Å². The van der Waals surface area contributed by atoms with Gasteiger partial charge >= 0.3 is 0 Å². The first kappa shape index (κ1) is 22.3. The van der Waals surface area contributed by atoms with Crippen LogP contribution in [-0.4, -0.2) is 56.6 Å². The predicted molar refractivity (Wildman–Crippen MR) is 116 cm³/mol. The van der Waals surface area contributed by atoms with Crippen LogP contribution in [0.4, 0.5) is 5.69 Å². The maximum absolute atomic E-state index is 12.7. The van der Waals surface area contributed by atoms with Crippen molar-refractivity contribution in [1.29, 1.82) is 0 Å². The summed E-state index contributed by atoms with van der Waals surface area (Å²) >= 11 is 5.88. The van der Waals surface area contributed by atoms with E-state index in [1.165, 1.54) is 26.2 Å². The normalized spacial score (nSPS) is 17.1. The third kappa shape index (κ3) is 5.00. The highest BCUT2D eigenvalue weighted by Crippen LogP contribution is 2.22. The summed E-state index contributed by atoms with van der Waals surface area (Å²) in [7, 11) is -0.593. The molecular weight excluding hydrogens is 426 g/mol. The molecule has 0 unspecified atom stereocenters. The standard InChI is InChI=1S/C21H24ClN3O4S/c1-24(2)30(28,29)19-11-9-18(10-12-19)23-20(26)16-4-3-13-25(14-16)21(27)15-5-7-17(22)8-6-15/h5-12,16H,3-4,13-14H2,1-2H3,(H,23,26)/t16-/m0/s1. The molecule has 160 valence electrons. The van der Waals surface area contributed by atoms with Gasteiger partial charge in [0.05, 0.1) is 10.8 Å². The summed E-state index contributed by atoms with van der Waals surface area (Å²) in [4.78, 5) is 27.3. The number of nitrogens with one attached hydrogen (secondary N) is 1. The van der Waals surface area contributed by atoms with Gasteiger partial charge in [-0.15, -0.1) is 0 Å². The van der Waals surface area contributed by atoms with Crippen molar-refractivity contribution in [2.45, 2.75) is 17.7 Å². The number of nitrogens with zero attached hydrogens (tertiary/aromatic N) is 2. The molecule has 1 N–H and O–H groups in total. The summed E-state index contributed by atoms with van der Waals surface area (Å²) < 4.78 is 25.4. The zero-order valence-electron chi connectivity index (χ0n) is 16.8. The van der Waals surface area contributed by atoms with Crippen LogP contribution in [-0.2, 0) is 14.8 Å². The van der Waals surface area contributed by atoms with Crippen molar-refractivity contribution in [2.75, 3.05) is 32.5 Å². The number of rotatable bonds is 5. The van der Waals surface area contributed by atoms with Gasteiger partial charge in [0, 0.05) is 43.5 Å². The molecule has 2 amide bonds. The average molecular weight is 450 g/mol. The third-order valence-corrected chi connectivity index (χ3v) is 7.15. The van der Waals surface area contributed by atoms with E-state index in [0.717, 1.165) is 10.7 Å². The minimum Gasteiger partial charge on any atom is -0.338 e. The minimum atomic E-state index is -3.52. The molecule has 1 fully saturated rings. The molecule has 0 aliphatic carbocycles. The number of hydrogen-bond acceptors (Lipinski definition) is 4. The van der Waals surface area contributed by atoms with Gasteiger partial charge in [0.2, 0.25) is 15.9 Å². The third-order valence-electron chi connectivity index (χ3n) is 5.07. The van der Waals surface area contributed by atoms with Crippen LogP contribution in [0.15, 0.2) is 53.4 Å². The van der Waals surface area contributed by atoms with Crippen molar-refractivity contribution in [3.05, 3.63) is 59.1 Å². The molecule has 1 heterocycles. The second-order valence-corrected chi connectivity index (χ2v) is 9.99. The summed E-state index contributed by atoms with van der Waals surface area (Å²) in [6.07, 6.45) is 1.42. The molecule has 0 radical (unpaired) electrons. The van der Waals surface area contributed by atoms with Gasteiger partial charge in [-0.05, 0) is 61.4 Å². The first-order valence-electron chi connectivity index (χ1n) is 9.57. The molecule has 1 atom stereocenters. The van der Waals surface area contributed by atoms with Crippen LogP contribution in [0.5, 0.6) is 0 Å². The Morgan fingerprint density at radius 2 is 1.70 bits per heavy atom. The van der Waals surface area contributed by atoms with E-state index < -0.39 is 10.0 Å². The van der Waals surface area contributed by atoms with E-state index in [4.69, 9.17) is 11.6 Å². The lowest BCUT2D eigenvalue weighted by Gasteiger charge is -2.32. The van der Waals surface area contributed by atoms with Gasteiger partial charge in [-0.25, -0.2) is 12.7 Å². The van der Waals surface area contributed by atoms with E-state index in [9.17, 15) is 18.0 Å². The second kappa shape index (κ2) is 9.16. The summed E-state index contributed by atoms with van der Waals surface area (Å²) in [6, 6.07) is 12.7. The fourth-order valence-electron chi connectivity index (χ4n) is 3.32. The van der Waals surface area contributed by atoms with E-state index in [1.54, 1.807) is 41.3 Å². The van der Waals surface area contributed by atoms with Gasteiger partial charge in [0.25, 0.3) is 5.91 Å². The molecule has 1 saturated heterocycles. The Balaban J connectivity index is 1.64. The van der Waals surface area contributed by atoms with Crippen LogP contribution in [0, 0.1) is 5.92 Å². The highest BCUT2D eigenvalue weighted by molar-refractivity contribution is 7.89. The van der Waals surface area contributed by atoms with E-state index in [0.29, 0.717) is 35.8 Å². The summed E-state index contributed by atoms with van der Waals surface area (Å²) in [6.45, 7) is 0.933. The number of sulfonamides is 1. The zero-order valence-corrected chi connectivity index (χ0v) is 18.4. The number of carbonyl (C=O) groups is 2. The Morgan fingerprint density at radius 3 is 2.30 bits per heavy atom. The molecule has 0 saturated carbocycles. The first-order valence-corrected chi connectivity index (χ1v) is 11.4. The number of amides is 2. The first-order chi connectivity index (χ1) is 14.2. The van der Waals surface area contributed by atoms with Gasteiger partial charge < -0.3 is 10.2 Å². The Bertz CT molecular complexity index is 1020. The lowest BCUT2D eigenvalue weighted by molar-refractivity contribution is -0.121. The number of anilines is 1. The second-order valence-electron chi connectivity index (χ2n) is 7.40. The molecule has 7 nitrogen and oxygen atoms in total. The molecule has 1 aliphatic rings. The van der Waals surface area contributed by atoms with E-state index in [1.807, 2.05) is 0 Å². The molecular formula is C21H24ClN3O4S. The Hall–Kier alpha value is -2.42. The smallest absolute Gasteiger partial charge is 0.253 e. The topological polar surface area (TPSA) is 86.8 Å². The van der Waals surface area contributed by atoms with E-state index in [-0.39, 0.29) is 22.6 Å². The van der Waals surface area contributed by atoms with Crippen molar-refractivity contribution < 1.29 is 18.0 Å². The summed E-state index contributed by atoms with van der Waals surface area (Å²) in [5.74, 6) is -0.644. The molecule has 0 spiro atoms. The largest absolute Gasteiger partial charge is 0.338 e. The SMILES string of the molecule is CN(C)S(=O)(=O)c1ccc(NC(=O)[C@H]2CCCN(C(=O)c3ccc(Cl)cc3)C2)cc1. The Labute approximate surface area is 181 Å². The lowest BCUT2D eigenvalue weighted by Crippen LogP contribution is -2.43. The lowest BCUT2D eigenvalue weighted by atomic mass is 9.96. The fraction of sp³-hybridized carbons (Fsp3) is 0.333. The van der Waals surface area contributed by atoms with Crippen LogP contribution in [0.1, 0.15) is 23.2 Å². The van der Waals surface area contributed by atoms with Crippen LogP contribution in [0.25, 0.3) is 0 Å². The van der Waals surface area contributed by atoms with Gasteiger partial charge in [0.15, 0.2) is 0 Å². The molecule has 2 aromatic carbocycles. The van der Waals surface area contributed by atoms with Crippen LogP contribution >= 0.6 is 11.6 Å². The molecule has 0 bridgehead atoms. The number of carbonyl (C=O) groups excluding carboxylic acids is 2. The van der Waals surface area contributed by atoms with Crippen molar-refractivity contribution in [1.82, 2.24) is 9.21 Å². The Kier molecular flexibility index (Phi) is 6.80. The number of hydrogen-bond donors (Lipinski definition) is 1. The fourth-order valence-corrected chi connectivity index (χ4v) is 4.34. The van der Waals surface area contributed by atoms with Gasteiger partial charge in [0.1, 0.15) is 0 Å². The van der Waals surface area contributed by atoms with Gasteiger partial charge in [-0.1, -0.05) is 11.6 Å². The predicted octanol–water partition coefficient (Wildman–Crippen LogP) is 3.08. The highest BCUT2D eigenvalue weighted by Gasteiger charge is 2.29. The van der Waals surface area contributed by atoms with E-state index in [2.05, 4.69) is 5.32 Å². The number of halogens is 1. The van der Waals surface area contributed by atoms with Crippen molar-refractivity contribution in [2.24, 2.45) is 5.92 Å². The number of likely N-dealkylation sites (tertiary alicyclic amines) is 1. The Morgan fingerprint density at radius 1 is 1.07 bits per heavy atom. The molecule has 3 rings (SSSR count). The quantitative estimate of drug-likeness (QED) is 0.759. The van der Waals surface area contributed by atoms with Gasteiger partial charge in [-0.2, -0.15) is 0 Å². The molecule has 30 heavy (non-hydrogen) atoms. The maximum Gasteiger partial charge on any atom is 0.253 e. The average Bonchev–Trinajstić information content (AvgIpc) is 2.74.